The molecule has 2 N–H and O–H groups in total. The summed E-state index contributed by atoms with van der Waals surface area (Å²) < 4.78 is 16.2. The van der Waals surface area contributed by atoms with E-state index in [9.17, 15) is 0 Å². The predicted octanol–water partition coefficient (Wildman–Crippen LogP) is 2.41. The zero-order valence-corrected chi connectivity index (χ0v) is 16.0. The Morgan fingerprint density at radius 1 is 1.04 bits per heavy atom. The highest BCUT2D eigenvalue weighted by Crippen LogP contribution is 2.25. The van der Waals surface area contributed by atoms with E-state index in [1.807, 2.05) is 18.2 Å². The van der Waals surface area contributed by atoms with Crippen LogP contribution in [0.3, 0.4) is 0 Å². The fraction of sp³-hybridized carbons (Fsp3) is 0.632. The van der Waals surface area contributed by atoms with E-state index >= 15 is 0 Å². The minimum Gasteiger partial charge on any atom is -0.491 e. The second-order valence-electron chi connectivity index (χ2n) is 5.93. The van der Waals surface area contributed by atoms with Gasteiger partial charge in [0.25, 0.3) is 0 Å². The summed E-state index contributed by atoms with van der Waals surface area (Å²) in [5, 5.41) is 6.51. The first-order chi connectivity index (χ1) is 12.2. The molecule has 0 aliphatic rings. The first-order valence-electron chi connectivity index (χ1n) is 8.92. The average Bonchev–Trinajstić information content (AvgIpc) is 2.62. The van der Waals surface area contributed by atoms with Gasteiger partial charge in [-0.25, -0.2) is 0 Å². The third-order valence-electron chi connectivity index (χ3n) is 3.61. The Balaban J connectivity index is 2.17. The van der Waals surface area contributed by atoms with Crippen LogP contribution in [0.15, 0.2) is 29.3 Å². The molecule has 0 fully saturated rings. The fourth-order valence-corrected chi connectivity index (χ4v) is 2.27. The van der Waals surface area contributed by atoms with Gasteiger partial charge in [0, 0.05) is 27.3 Å². The number of rotatable bonds is 12. The minimum absolute atomic E-state index is 0.449. The van der Waals surface area contributed by atoms with Crippen LogP contribution in [0, 0.1) is 0 Å². The van der Waals surface area contributed by atoms with E-state index in [1.165, 1.54) is 5.56 Å². The average molecular weight is 351 g/mol. The second kappa shape index (κ2) is 13.5. The maximum Gasteiger partial charge on any atom is 0.191 e. The summed E-state index contributed by atoms with van der Waals surface area (Å²) in [5.74, 6) is 2.18. The van der Waals surface area contributed by atoms with E-state index in [1.54, 1.807) is 14.2 Å². The number of benzene rings is 1. The van der Waals surface area contributed by atoms with E-state index < -0.39 is 0 Å². The number of aliphatic imine (C=N–C) groups is 1. The third kappa shape index (κ3) is 9.31. The van der Waals surface area contributed by atoms with Crippen molar-refractivity contribution < 1.29 is 14.2 Å². The molecule has 6 heteroatoms. The molecule has 0 atom stereocenters. The zero-order valence-electron chi connectivity index (χ0n) is 16.0. The zero-order chi connectivity index (χ0) is 18.3. The van der Waals surface area contributed by atoms with Crippen LogP contribution in [0.1, 0.15) is 31.7 Å². The second-order valence-corrected chi connectivity index (χ2v) is 5.93. The monoisotopic (exact) mass is 351 g/mol. The fourth-order valence-electron chi connectivity index (χ4n) is 2.27. The molecule has 25 heavy (non-hydrogen) atoms. The normalized spacial score (nSPS) is 11.6. The molecule has 1 aromatic carbocycles. The van der Waals surface area contributed by atoms with Gasteiger partial charge in [-0.2, -0.15) is 0 Å². The molecule has 0 radical (unpaired) electrons. The molecule has 0 heterocycles. The van der Waals surface area contributed by atoms with Crippen molar-refractivity contribution in [2.24, 2.45) is 4.99 Å². The SMILES string of the molecule is CN=C(NCCCOCCOC)NCCOc1ccccc1C(C)C. The Hall–Kier alpha value is -1.79. The number of nitrogens with zero attached hydrogens (tertiary/aromatic N) is 1. The maximum absolute atomic E-state index is 5.90. The number of para-hydroxylation sites is 1. The summed E-state index contributed by atoms with van der Waals surface area (Å²) in [6.45, 7) is 8.42. The summed E-state index contributed by atoms with van der Waals surface area (Å²) in [7, 11) is 3.44. The van der Waals surface area contributed by atoms with Crippen molar-refractivity contribution in [3.05, 3.63) is 29.8 Å². The maximum atomic E-state index is 5.90. The first kappa shape index (κ1) is 21.3. The molecule has 0 saturated heterocycles. The highest BCUT2D eigenvalue weighted by atomic mass is 16.5. The summed E-state index contributed by atoms with van der Waals surface area (Å²) >= 11 is 0. The molecule has 0 saturated carbocycles. The highest BCUT2D eigenvalue weighted by Gasteiger charge is 2.06. The summed E-state index contributed by atoms with van der Waals surface area (Å²) in [4.78, 5) is 4.20. The number of hydrogen-bond donors (Lipinski definition) is 2. The van der Waals surface area contributed by atoms with Crippen molar-refractivity contribution in [3.8, 4) is 5.75 Å². The predicted molar refractivity (Wildman–Crippen MR) is 103 cm³/mol. The molecule has 0 unspecified atom stereocenters. The standard InChI is InChI=1S/C19H33N3O3/c1-16(2)17-8-5-6-9-18(17)25-13-11-22-19(20-3)21-10-7-12-24-15-14-23-4/h5-6,8-9,16H,7,10-15H2,1-4H3,(H2,20,21,22). The Bertz CT molecular complexity index is 493. The number of nitrogens with one attached hydrogen (secondary N) is 2. The quantitative estimate of drug-likeness (QED) is 0.344. The van der Waals surface area contributed by atoms with Crippen molar-refractivity contribution in [2.45, 2.75) is 26.2 Å². The van der Waals surface area contributed by atoms with Crippen LogP contribution >= 0.6 is 0 Å². The van der Waals surface area contributed by atoms with E-state index in [2.05, 4.69) is 35.5 Å². The Labute approximate surface area is 152 Å². The van der Waals surface area contributed by atoms with Crippen molar-refractivity contribution in [1.82, 2.24) is 10.6 Å². The number of guanidine groups is 1. The molecule has 1 aromatic rings. The van der Waals surface area contributed by atoms with Gasteiger partial charge in [0.05, 0.1) is 19.8 Å². The van der Waals surface area contributed by atoms with Gasteiger partial charge in [0.2, 0.25) is 0 Å². The minimum atomic E-state index is 0.449. The molecule has 142 valence electrons. The summed E-state index contributed by atoms with van der Waals surface area (Å²) in [6, 6.07) is 8.18. The van der Waals surface area contributed by atoms with Crippen LogP contribution in [-0.4, -0.2) is 59.6 Å². The number of ether oxygens (including phenoxy) is 3. The van der Waals surface area contributed by atoms with E-state index in [-0.39, 0.29) is 0 Å². The lowest BCUT2D eigenvalue weighted by Gasteiger charge is -2.15. The van der Waals surface area contributed by atoms with Crippen molar-refractivity contribution in [3.63, 3.8) is 0 Å². The molecule has 0 amide bonds. The van der Waals surface area contributed by atoms with Gasteiger partial charge in [-0.3, -0.25) is 4.99 Å². The van der Waals surface area contributed by atoms with Crippen molar-refractivity contribution >= 4 is 5.96 Å². The molecule has 1 rings (SSSR count). The van der Waals surface area contributed by atoms with Crippen LogP contribution in [-0.2, 0) is 9.47 Å². The van der Waals surface area contributed by atoms with Gasteiger partial charge in [0.1, 0.15) is 12.4 Å². The lowest BCUT2D eigenvalue weighted by Crippen LogP contribution is -2.40. The molecular weight excluding hydrogens is 318 g/mol. The van der Waals surface area contributed by atoms with Gasteiger partial charge in [-0.1, -0.05) is 32.0 Å². The van der Waals surface area contributed by atoms with Gasteiger partial charge < -0.3 is 24.8 Å². The third-order valence-corrected chi connectivity index (χ3v) is 3.61. The van der Waals surface area contributed by atoms with Gasteiger partial charge in [0.15, 0.2) is 5.96 Å². The number of hydrogen-bond acceptors (Lipinski definition) is 4. The van der Waals surface area contributed by atoms with Crippen LogP contribution < -0.4 is 15.4 Å². The van der Waals surface area contributed by atoms with E-state index in [4.69, 9.17) is 14.2 Å². The van der Waals surface area contributed by atoms with Crippen LogP contribution in [0.4, 0.5) is 0 Å². The van der Waals surface area contributed by atoms with Gasteiger partial charge in [-0.05, 0) is 24.0 Å². The van der Waals surface area contributed by atoms with Crippen molar-refractivity contribution in [1.29, 1.82) is 0 Å². The van der Waals surface area contributed by atoms with Gasteiger partial charge >= 0.3 is 0 Å². The smallest absolute Gasteiger partial charge is 0.191 e. The van der Waals surface area contributed by atoms with E-state index in [0.717, 1.165) is 24.7 Å². The Morgan fingerprint density at radius 2 is 1.80 bits per heavy atom. The molecule has 0 aromatic heterocycles. The Morgan fingerprint density at radius 3 is 2.52 bits per heavy atom. The number of methoxy groups -OCH3 is 1. The summed E-state index contributed by atoms with van der Waals surface area (Å²) in [5.41, 5.74) is 1.23. The van der Waals surface area contributed by atoms with Gasteiger partial charge in [-0.15, -0.1) is 0 Å². The van der Waals surface area contributed by atoms with Crippen LogP contribution in [0.2, 0.25) is 0 Å². The molecular formula is C19H33N3O3. The van der Waals surface area contributed by atoms with E-state index in [0.29, 0.717) is 38.9 Å². The lowest BCUT2D eigenvalue weighted by molar-refractivity contribution is 0.0698. The molecule has 0 aliphatic heterocycles. The van der Waals surface area contributed by atoms with Crippen LogP contribution in [0.25, 0.3) is 0 Å². The molecule has 0 bridgehead atoms. The Kier molecular flexibility index (Phi) is 11.5. The highest BCUT2D eigenvalue weighted by molar-refractivity contribution is 5.79. The molecule has 0 aliphatic carbocycles. The summed E-state index contributed by atoms with van der Waals surface area (Å²) in [6.07, 6.45) is 0.919. The lowest BCUT2D eigenvalue weighted by atomic mass is 10.0. The topological polar surface area (TPSA) is 64.1 Å². The molecule has 0 spiro atoms. The largest absolute Gasteiger partial charge is 0.491 e. The van der Waals surface area contributed by atoms with Crippen LogP contribution in [0.5, 0.6) is 5.75 Å². The van der Waals surface area contributed by atoms with Crippen molar-refractivity contribution in [2.75, 3.05) is 53.7 Å². The first-order valence-corrected chi connectivity index (χ1v) is 8.92. The molecule has 6 nitrogen and oxygen atoms in total.